The molecule has 3 heterocycles. The maximum Gasteiger partial charge on any atom is 0.227 e. The Bertz CT molecular complexity index is 1210. The van der Waals surface area contributed by atoms with Crippen molar-refractivity contribution in [3.8, 4) is 17.0 Å². The van der Waals surface area contributed by atoms with E-state index >= 15 is 0 Å². The number of likely N-dealkylation sites (N-methyl/N-ethyl adjacent to an activating group) is 1. The first kappa shape index (κ1) is 21.4. The second-order valence-corrected chi connectivity index (χ2v) is 9.83. The minimum absolute atomic E-state index is 0.598. The van der Waals surface area contributed by atoms with Gasteiger partial charge in [0.1, 0.15) is 5.75 Å². The number of nitrogens with one attached hydrogen (secondary N) is 1. The fraction of sp³-hybridized carbons (Fsp3) is 0.500. The lowest BCUT2D eigenvalue weighted by atomic mass is 9.79. The number of fused-ring (bicyclic) bond motifs is 3. The minimum Gasteiger partial charge on any atom is -0.494 e. The van der Waals surface area contributed by atoms with Gasteiger partial charge in [-0.25, -0.2) is 9.97 Å². The van der Waals surface area contributed by atoms with Gasteiger partial charge in [0.05, 0.1) is 29.9 Å². The lowest BCUT2D eigenvalue weighted by Gasteiger charge is -2.34. The van der Waals surface area contributed by atoms with Crippen LogP contribution in [-0.2, 0) is 19.9 Å². The number of anilines is 3. The average molecular weight is 460 g/mol. The highest BCUT2D eigenvalue weighted by Crippen LogP contribution is 2.44. The Labute approximate surface area is 201 Å². The number of piperazine rings is 1. The highest BCUT2D eigenvalue weighted by Gasteiger charge is 2.32. The van der Waals surface area contributed by atoms with E-state index in [9.17, 15) is 0 Å². The normalized spacial score (nSPS) is 18.3. The number of aromatic nitrogens is 4. The molecule has 2 aliphatic carbocycles. The number of aryl methyl sites for hydroxylation is 3. The van der Waals surface area contributed by atoms with Gasteiger partial charge < -0.3 is 19.9 Å². The standard InChI is InChI=1S/C26H33N7O/c1-31-11-13-33(14-12-31)19-8-10-20(22(15-19)34-3)28-26-27-16-18-7-9-21-23(24(18)29-26)25(32(2)30-21)17-5-4-6-17/h8,10,15-17H,4-7,9,11-14H2,1-3H3,(H,27,28,29). The van der Waals surface area contributed by atoms with Crippen molar-refractivity contribution < 1.29 is 4.74 Å². The van der Waals surface area contributed by atoms with Crippen molar-refractivity contribution in [3.63, 3.8) is 0 Å². The monoisotopic (exact) mass is 459 g/mol. The SMILES string of the molecule is COc1cc(N2CCN(C)CC2)ccc1Nc1ncc2c(n1)-c1c(nn(C)c1C1CCC1)CC2. The number of nitrogens with zero attached hydrogens (tertiary/aromatic N) is 6. The van der Waals surface area contributed by atoms with Crippen molar-refractivity contribution >= 4 is 17.3 Å². The number of hydrogen-bond donors (Lipinski definition) is 1. The van der Waals surface area contributed by atoms with E-state index in [2.05, 4.69) is 57.1 Å². The average Bonchev–Trinajstić information content (AvgIpc) is 3.15. The molecule has 0 spiro atoms. The summed E-state index contributed by atoms with van der Waals surface area (Å²) in [6.45, 7) is 4.20. The zero-order valence-corrected chi connectivity index (χ0v) is 20.3. The molecular formula is C26H33N7O. The van der Waals surface area contributed by atoms with E-state index in [-0.39, 0.29) is 0 Å². The van der Waals surface area contributed by atoms with Crippen LogP contribution in [0.5, 0.6) is 5.75 Å². The van der Waals surface area contributed by atoms with Gasteiger partial charge in [-0.05, 0) is 50.4 Å². The van der Waals surface area contributed by atoms with Gasteiger partial charge in [-0.2, -0.15) is 5.10 Å². The quantitative estimate of drug-likeness (QED) is 0.623. The van der Waals surface area contributed by atoms with Crippen LogP contribution in [0.1, 0.15) is 42.1 Å². The number of hydrogen-bond acceptors (Lipinski definition) is 7. The van der Waals surface area contributed by atoms with Crippen LogP contribution in [0.2, 0.25) is 0 Å². The minimum atomic E-state index is 0.598. The van der Waals surface area contributed by atoms with Gasteiger partial charge in [0.25, 0.3) is 0 Å². The van der Waals surface area contributed by atoms with Crippen LogP contribution in [0.4, 0.5) is 17.3 Å². The summed E-state index contributed by atoms with van der Waals surface area (Å²) in [6, 6.07) is 6.34. The molecule has 1 aliphatic heterocycles. The third-order valence-electron chi connectivity index (χ3n) is 7.69. The van der Waals surface area contributed by atoms with E-state index < -0.39 is 0 Å². The number of rotatable bonds is 5. The fourth-order valence-electron chi connectivity index (χ4n) is 5.46. The molecule has 8 heteroatoms. The molecule has 0 amide bonds. The van der Waals surface area contributed by atoms with Crippen LogP contribution in [0.25, 0.3) is 11.3 Å². The Kier molecular flexibility index (Phi) is 5.40. The van der Waals surface area contributed by atoms with Gasteiger partial charge in [0, 0.05) is 62.7 Å². The summed E-state index contributed by atoms with van der Waals surface area (Å²) in [5, 5.41) is 8.28. The predicted octanol–water partition coefficient (Wildman–Crippen LogP) is 3.75. The predicted molar refractivity (Wildman–Crippen MR) is 134 cm³/mol. The maximum absolute atomic E-state index is 5.75. The summed E-state index contributed by atoms with van der Waals surface area (Å²) >= 11 is 0. The molecule has 1 aromatic carbocycles. The Balaban J connectivity index is 1.30. The summed E-state index contributed by atoms with van der Waals surface area (Å²) in [6.07, 6.45) is 7.67. The molecule has 1 N–H and O–H groups in total. The van der Waals surface area contributed by atoms with Crippen LogP contribution in [-0.4, -0.2) is 65.0 Å². The molecule has 6 rings (SSSR count). The fourth-order valence-corrected chi connectivity index (χ4v) is 5.46. The van der Waals surface area contributed by atoms with Gasteiger partial charge in [-0.3, -0.25) is 4.68 Å². The summed E-state index contributed by atoms with van der Waals surface area (Å²) in [7, 11) is 5.97. The van der Waals surface area contributed by atoms with Crippen LogP contribution in [0, 0.1) is 0 Å². The largest absolute Gasteiger partial charge is 0.494 e. The van der Waals surface area contributed by atoms with E-state index in [4.69, 9.17) is 14.8 Å². The molecule has 0 atom stereocenters. The van der Waals surface area contributed by atoms with Crippen molar-refractivity contribution in [3.05, 3.63) is 41.3 Å². The van der Waals surface area contributed by atoms with E-state index in [0.29, 0.717) is 11.9 Å². The van der Waals surface area contributed by atoms with E-state index in [1.807, 2.05) is 6.20 Å². The van der Waals surface area contributed by atoms with Crippen molar-refractivity contribution in [2.45, 2.75) is 38.0 Å². The van der Waals surface area contributed by atoms with Gasteiger partial charge >= 0.3 is 0 Å². The smallest absolute Gasteiger partial charge is 0.227 e. The topological polar surface area (TPSA) is 71.3 Å². The Morgan fingerprint density at radius 3 is 2.62 bits per heavy atom. The van der Waals surface area contributed by atoms with Crippen molar-refractivity contribution in [2.24, 2.45) is 7.05 Å². The van der Waals surface area contributed by atoms with E-state index in [1.165, 1.54) is 47.5 Å². The zero-order chi connectivity index (χ0) is 23.2. The Morgan fingerprint density at radius 2 is 1.88 bits per heavy atom. The van der Waals surface area contributed by atoms with Gasteiger partial charge in [-0.1, -0.05) is 6.42 Å². The summed E-state index contributed by atoms with van der Waals surface area (Å²) < 4.78 is 7.84. The van der Waals surface area contributed by atoms with Crippen LogP contribution in [0.15, 0.2) is 24.4 Å². The molecule has 1 saturated carbocycles. The molecule has 1 saturated heterocycles. The lowest BCUT2D eigenvalue weighted by molar-refractivity contribution is 0.312. The third kappa shape index (κ3) is 3.70. The molecule has 8 nitrogen and oxygen atoms in total. The Hall–Kier alpha value is -3.13. The van der Waals surface area contributed by atoms with Gasteiger partial charge in [0.15, 0.2) is 0 Å². The summed E-state index contributed by atoms with van der Waals surface area (Å²) in [5.74, 6) is 2.00. The molecule has 0 radical (unpaired) electrons. The van der Waals surface area contributed by atoms with Crippen molar-refractivity contribution in [2.75, 3.05) is 50.6 Å². The second kappa shape index (κ2) is 8.58. The lowest BCUT2D eigenvalue weighted by Crippen LogP contribution is -2.44. The second-order valence-electron chi connectivity index (χ2n) is 9.83. The van der Waals surface area contributed by atoms with Crippen LogP contribution in [0.3, 0.4) is 0 Å². The summed E-state index contributed by atoms with van der Waals surface area (Å²) in [4.78, 5) is 14.4. The first-order chi connectivity index (χ1) is 16.6. The van der Waals surface area contributed by atoms with Crippen LogP contribution >= 0.6 is 0 Å². The first-order valence-electron chi connectivity index (χ1n) is 12.4. The van der Waals surface area contributed by atoms with Gasteiger partial charge in [-0.15, -0.1) is 0 Å². The Morgan fingerprint density at radius 1 is 1.06 bits per heavy atom. The maximum atomic E-state index is 5.75. The van der Waals surface area contributed by atoms with Crippen LogP contribution < -0.4 is 15.0 Å². The van der Waals surface area contributed by atoms with Crippen molar-refractivity contribution in [1.29, 1.82) is 0 Å². The molecule has 34 heavy (non-hydrogen) atoms. The zero-order valence-electron chi connectivity index (χ0n) is 20.3. The van der Waals surface area contributed by atoms with E-state index in [1.54, 1.807) is 7.11 Å². The molecule has 2 fully saturated rings. The van der Waals surface area contributed by atoms with Crippen molar-refractivity contribution in [1.82, 2.24) is 24.6 Å². The molecular weight excluding hydrogens is 426 g/mol. The first-order valence-corrected chi connectivity index (χ1v) is 12.4. The molecule has 3 aromatic rings. The molecule has 178 valence electrons. The number of methoxy groups -OCH3 is 1. The van der Waals surface area contributed by atoms with E-state index in [0.717, 1.165) is 56.2 Å². The van der Waals surface area contributed by atoms with Gasteiger partial charge in [0.2, 0.25) is 5.95 Å². The highest BCUT2D eigenvalue weighted by atomic mass is 16.5. The number of ether oxygens (including phenoxy) is 1. The molecule has 0 bridgehead atoms. The molecule has 2 aromatic heterocycles. The molecule has 0 unspecified atom stereocenters. The molecule has 3 aliphatic rings. The summed E-state index contributed by atoms with van der Waals surface area (Å²) in [5.41, 5.74) is 8.09. The highest BCUT2D eigenvalue weighted by molar-refractivity contribution is 5.74. The third-order valence-corrected chi connectivity index (χ3v) is 7.69. The number of benzene rings is 1.